The molecule has 4 heteroatoms. The second-order valence-corrected chi connectivity index (χ2v) is 3.96. The van der Waals surface area contributed by atoms with Crippen LogP contribution < -0.4 is 5.73 Å². The lowest BCUT2D eigenvalue weighted by Gasteiger charge is -2.23. The number of amides is 1. The largest absolute Gasteiger partial charge is 0.466 e. The molecule has 88 valence electrons. The summed E-state index contributed by atoms with van der Waals surface area (Å²) in [5.74, 6) is -0.210. The van der Waals surface area contributed by atoms with Gasteiger partial charge in [-0.05, 0) is 25.1 Å². The fourth-order valence-corrected chi connectivity index (χ4v) is 1.81. The molecule has 4 nitrogen and oxygen atoms in total. The van der Waals surface area contributed by atoms with Crippen LogP contribution in [0.5, 0.6) is 0 Å². The van der Waals surface area contributed by atoms with E-state index < -0.39 is 11.5 Å². The maximum absolute atomic E-state index is 11.3. The number of hydrogen-bond donors (Lipinski definition) is 2. The molecule has 0 aliphatic heterocycles. The number of rotatable bonds is 3. The van der Waals surface area contributed by atoms with Gasteiger partial charge in [-0.1, -0.05) is 18.2 Å². The van der Waals surface area contributed by atoms with Crippen molar-refractivity contribution in [2.45, 2.75) is 12.5 Å². The van der Waals surface area contributed by atoms with Gasteiger partial charge in [-0.2, -0.15) is 0 Å². The van der Waals surface area contributed by atoms with Crippen LogP contribution in [0.2, 0.25) is 0 Å². The summed E-state index contributed by atoms with van der Waals surface area (Å²) in [5.41, 5.74) is 4.62. The molecule has 17 heavy (non-hydrogen) atoms. The Kier molecular flexibility index (Phi) is 2.73. The second kappa shape index (κ2) is 4.07. The Hall–Kier alpha value is -2.07. The fraction of sp³-hybridized carbons (Fsp3) is 0.154. The highest BCUT2D eigenvalue weighted by molar-refractivity contribution is 5.94. The summed E-state index contributed by atoms with van der Waals surface area (Å²) in [6.07, 6.45) is 1.47. The molecule has 0 saturated heterocycles. The van der Waals surface area contributed by atoms with Crippen LogP contribution in [-0.2, 0) is 5.60 Å². The van der Waals surface area contributed by atoms with Crippen molar-refractivity contribution >= 4 is 5.91 Å². The number of carbonyl (C=O) groups excluding carboxylic acids is 1. The van der Waals surface area contributed by atoms with Crippen molar-refractivity contribution in [3.05, 3.63) is 59.5 Å². The molecule has 1 aromatic heterocycles. The third-order valence-electron chi connectivity index (χ3n) is 2.72. The topological polar surface area (TPSA) is 76.5 Å². The highest BCUT2D eigenvalue weighted by Gasteiger charge is 2.31. The molecule has 2 rings (SSSR count). The van der Waals surface area contributed by atoms with Crippen molar-refractivity contribution < 1.29 is 14.3 Å². The van der Waals surface area contributed by atoms with Crippen molar-refractivity contribution in [2.24, 2.45) is 5.73 Å². The number of furan rings is 1. The first-order valence-electron chi connectivity index (χ1n) is 5.19. The van der Waals surface area contributed by atoms with E-state index in [9.17, 15) is 9.90 Å². The molecule has 1 unspecified atom stereocenters. The normalized spacial score (nSPS) is 14.2. The van der Waals surface area contributed by atoms with E-state index in [-0.39, 0.29) is 5.56 Å². The predicted octanol–water partition coefficient (Wildman–Crippen LogP) is 1.63. The zero-order valence-electron chi connectivity index (χ0n) is 9.38. The number of hydrogen-bond acceptors (Lipinski definition) is 3. The van der Waals surface area contributed by atoms with Crippen LogP contribution in [0.15, 0.2) is 47.1 Å². The third kappa shape index (κ3) is 1.94. The van der Waals surface area contributed by atoms with Crippen LogP contribution in [0.25, 0.3) is 0 Å². The highest BCUT2D eigenvalue weighted by Crippen LogP contribution is 2.31. The summed E-state index contributed by atoms with van der Waals surface area (Å²) >= 11 is 0. The van der Waals surface area contributed by atoms with Crippen molar-refractivity contribution in [3.8, 4) is 0 Å². The van der Waals surface area contributed by atoms with Gasteiger partial charge in [-0.3, -0.25) is 4.79 Å². The van der Waals surface area contributed by atoms with Crippen molar-refractivity contribution in [1.29, 1.82) is 0 Å². The van der Waals surface area contributed by atoms with E-state index in [0.29, 0.717) is 11.3 Å². The van der Waals surface area contributed by atoms with E-state index >= 15 is 0 Å². The Labute approximate surface area is 98.7 Å². The van der Waals surface area contributed by atoms with Crippen LogP contribution in [0.4, 0.5) is 0 Å². The molecule has 1 aromatic carbocycles. The molecular formula is C13H13NO3. The minimum atomic E-state index is -1.38. The van der Waals surface area contributed by atoms with Crippen LogP contribution in [-0.4, -0.2) is 11.0 Å². The zero-order valence-corrected chi connectivity index (χ0v) is 9.38. The lowest BCUT2D eigenvalue weighted by atomic mass is 9.89. The van der Waals surface area contributed by atoms with Gasteiger partial charge in [0.2, 0.25) is 5.91 Å². The van der Waals surface area contributed by atoms with E-state index in [4.69, 9.17) is 10.2 Å². The Morgan fingerprint density at radius 3 is 2.59 bits per heavy atom. The van der Waals surface area contributed by atoms with E-state index in [1.807, 2.05) is 0 Å². The van der Waals surface area contributed by atoms with E-state index in [1.165, 1.54) is 6.26 Å². The van der Waals surface area contributed by atoms with Gasteiger partial charge in [0.15, 0.2) is 0 Å². The van der Waals surface area contributed by atoms with E-state index in [1.54, 1.807) is 43.3 Å². The first-order chi connectivity index (χ1) is 8.03. The Morgan fingerprint density at radius 2 is 2.00 bits per heavy atom. The number of aliphatic hydroxyl groups is 1. The summed E-state index contributed by atoms with van der Waals surface area (Å²) < 4.78 is 5.19. The molecule has 1 amide bonds. The summed E-state index contributed by atoms with van der Waals surface area (Å²) in [4.78, 5) is 11.3. The zero-order chi connectivity index (χ0) is 12.5. The number of nitrogens with two attached hydrogens (primary N) is 1. The average molecular weight is 231 g/mol. The van der Waals surface area contributed by atoms with Crippen LogP contribution in [0.3, 0.4) is 0 Å². The van der Waals surface area contributed by atoms with Crippen molar-refractivity contribution in [1.82, 2.24) is 0 Å². The lowest BCUT2D eigenvalue weighted by molar-refractivity contribution is 0.0741. The van der Waals surface area contributed by atoms with Crippen LogP contribution in [0, 0.1) is 0 Å². The number of carbonyl (C=O) groups is 1. The summed E-state index contributed by atoms with van der Waals surface area (Å²) in [5, 5.41) is 10.5. The molecule has 0 radical (unpaired) electrons. The third-order valence-corrected chi connectivity index (χ3v) is 2.72. The fourth-order valence-electron chi connectivity index (χ4n) is 1.81. The molecule has 0 saturated carbocycles. The van der Waals surface area contributed by atoms with Gasteiger partial charge < -0.3 is 15.3 Å². The quantitative estimate of drug-likeness (QED) is 0.842. The van der Waals surface area contributed by atoms with Gasteiger partial charge in [0.1, 0.15) is 11.4 Å². The van der Waals surface area contributed by atoms with Gasteiger partial charge in [0, 0.05) is 11.1 Å². The van der Waals surface area contributed by atoms with Gasteiger partial charge in [0.05, 0.1) is 6.26 Å². The SMILES string of the molecule is CC(O)(c1ccco1)c1ccccc1C(N)=O. The second-order valence-electron chi connectivity index (χ2n) is 3.96. The van der Waals surface area contributed by atoms with E-state index in [2.05, 4.69) is 0 Å². The molecule has 0 fully saturated rings. The Balaban J connectivity index is 2.57. The molecule has 0 aliphatic rings. The highest BCUT2D eigenvalue weighted by atomic mass is 16.4. The molecule has 0 aliphatic carbocycles. The Morgan fingerprint density at radius 1 is 1.29 bits per heavy atom. The smallest absolute Gasteiger partial charge is 0.249 e. The molecule has 1 atom stereocenters. The maximum Gasteiger partial charge on any atom is 0.249 e. The molecule has 0 bridgehead atoms. The monoisotopic (exact) mass is 231 g/mol. The van der Waals surface area contributed by atoms with Crippen molar-refractivity contribution in [2.75, 3.05) is 0 Å². The minimum absolute atomic E-state index is 0.286. The van der Waals surface area contributed by atoms with Gasteiger partial charge in [0.25, 0.3) is 0 Å². The summed E-state index contributed by atoms with van der Waals surface area (Å²) in [6, 6.07) is 9.99. The predicted molar refractivity (Wildman–Crippen MR) is 62.3 cm³/mol. The first-order valence-corrected chi connectivity index (χ1v) is 5.19. The Bertz CT molecular complexity index is 529. The molecule has 1 heterocycles. The molecule has 2 aromatic rings. The molecule has 3 N–H and O–H groups in total. The maximum atomic E-state index is 11.3. The van der Waals surface area contributed by atoms with Gasteiger partial charge in [-0.25, -0.2) is 0 Å². The molecule has 0 spiro atoms. The van der Waals surface area contributed by atoms with Crippen LogP contribution >= 0.6 is 0 Å². The summed E-state index contributed by atoms with van der Waals surface area (Å²) in [6.45, 7) is 1.56. The number of primary amides is 1. The minimum Gasteiger partial charge on any atom is -0.466 e. The molecular weight excluding hydrogens is 218 g/mol. The van der Waals surface area contributed by atoms with Gasteiger partial charge in [-0.15, -0.1) is 0 Å². The number of benzene rings is 1. The average Bonchev–Trinajstić information content (AvgIpc) is 2.83. The van der Waals surface area contributed by atoms with Gasteiger partial charge >= 0.3 is 0 Å². The standard InChI is InChI=1S/C13H13NO3/c1-13(16,11-7-4-8-17-11)10-6-3-2-5-9(10)12(14)15/h2-8,16H,1H3,(H2,14,15). The lowest BCUT2D eigenvalue weighted by Crippen LogP contribution is -2.27. The van der Waals surface area contributed by atoms with Crippen LogP contribution in [0.1, 0.15) is 28.6 Å². The summed E-state index contributed by atoms with van der Waals surface area (Å²) in [7, 11) is 0. The van der Waals surface area contributed by atoms with Crippen molar-refractivity contribution in [3.63, 3.8) is 0 Å². The van der Waals surface area contributed by atoms with E-state index in [0.717, 1.165) is 0 Å². The first kappa shape index (κ1) is 11.4.